The summed E-state index contributed by atoms with van der Waals surface area (Å²) in [6.07, 6.45) is 1.62. The lowest BCUT2D eigenvalue weighted by molar-refractivity contribution is -0.126. The van der Waals surface area contributed by atoms with Gasteiger partial charge in [0.2, 0.25) is 5.91 Å². The van der Waals surface area contributed by atoms with Crippen molar-refractivity contribution in [1.29, 1.82) is 0 Å². The van der Waals surface area contributed by atoms with Crippen LogP contribution in [0.4, 0.5) is 0 Å². The van der Waals surface area contributed by atoms with Crippen LogP contribution >= 0.6 is 0 Å². The molecule has 0 fully saturated rings. The number of rotatable bonds is 6. The summed E-state index contributed by atoms with van der Waals surface area (Å²) >= 11 is 0. The molecular formula is C11H22N2O2. The molecule has 0 aromatic rings. The molecule has 0 aliphatic rings. The fraction of sp³-hybridized carbons (Fsp3) is 0.818. The van der Waals surface area contributed by atoms with Gasteiger partial charge in [0.25, 0.3) is 0 Å². The van der Waals surface area contributed by atoms with Gasteiger partial charge in [0.1, 0.15) is 6.29 Å². The van der Waals surface area contributed by atoms with Crippen molar-refractivity contribution in [2.24, 2.45) is 17.6 Å². The van der Waals surface area contributed by atoms with Crippen LogP contribution in [-0.4, -0.2) is 24.3 Å². The molecule has 0 saturated carbocycles. The Morgan fingerprint density at radius 2 is 1.93 bits per heavy atom. The maximum absolute atomic E-state index is 11.6. The van der Waals surface area contributed by atoms with E-state index in [2.05, 4.69) is 5.32 Å². The first-order valence-corrected chi connectivity index (χ1v) is 5.45. The lowest BCUT2D eigenvalue weighted by Crippen LogP contribution is -2.50. The van der Waals surface area contributed by atoms with E-state index in [4.69, 9.17) is 5.73 Å². The van der Waals surface area contributed by atoms with E-state index in [1.54, 1.807) is 0 Å². The van der Waals surface area contributed by atoms with E-state index in [-0.39, 0.29) is 17.7 Å². The molecule has 0 aliphatic carbocycles. The molecule has 0 bridgehead atoms. The van der Waals surface area contributed by atoms with Gasteiger partial charge >= 0.3 is 0 Å². The molecule has 0 aromatic carbocycles. The summed E-state index contributed by atoms with van der Waals surface area (Å²) in [4.78, 5) is 22.4. The third-order valence-corrected chi connectivity index (χ3v) is 2.73. The Bertz CT molecular complexity index is 217. The van der Waals surface area contributed by atoms with Crippen molar-refractivity contribution in [3.63, 3.8) is 0 Å². The van der Waals surface area contributed by atoms with Gasteiger partial charge in [0, 0.05) is 0 Å². The van der Waals surface area contributed by atoms with E-state index in [1.165, 1.54) is 0 Å². The number of amides is 1. The molecule has 0 aliphatic heterocycles. The van der Waals surface area contributed by atoms with E-state index in [1.807, 2.05) is 27.7 Å². The summed E-state index contributed by atoms with van der Waals surface area (Å²) in [5.74, 6) is -0.0255. The summed E-state index contributed by atoms with van der Waals surface area (Å²) in [5, 5.41) is 2.67. The van der Waals surface area contributed by atoms with Gasteiger partial charge in [0.05, 0.1) is 12.1 Å². The third kappa shape index (κ3) is 4.42. The van der Waals surface area contributed by atoms with Crippen molar-refractivity contribution in [3.05, 3.63) is 0 Å². The van der Waals surface area contributed by atoms with Crippen molar-refractivity contribution < 1.29 is 9.59 Å². The lowest BCUT2D eigenvalue weighted by Gasteiger charge is -2.22. The summed E-state index contributed by atoms with van der Waals surface area (Å²) in [6.45, 7) is 7.67. The molecule has 0 radical (unpaired) electrons. The van der Waals surface area contributed by atoms with Crippen LogP contribution in [0.2, 0.25) is 0 Å². The molecule has 0 spiro atoms. The number of nitrogens with one attached hydrogen (secondary N) is 1. The number of aldehydes is 1. The summed E-state index contributed by atoms with van der Waals surface area (Å²) in [7, 11) is 0. The Balaban J connectivity index is 4.30. The zero-order valence-corrected chi connectivity index (χ0v) is 9.99. The normalized spacial score (nSPS) is 16.9. The number of carbonyl (C=O) groups is 2. The molecule has 0 aromatic heterocycles. The van der Waals surface area contributed by atoms with Gasteiger partial charge in [0.15, 0.2) is 0 Å². The Morgan fingerprint density at radius 3 is 2.27 bits per heavy atom. The van der Waals surface area contributed by atoms with Gasteiger partial charge in [-0.25, -0.2) is 0 Å². The van der Waals surface area contributed by atoms with Gasteiger partial charge in [-0.1, -0.05) is 34.1 Å². The highest BCUT2D eigenvalue weighted by Crippen LogP contribution is 2.06. The maximum atomic E-state index is 11.6. The van der Waals surface area contributed by atoms with Crippen LogP contribution in [0, 0.1) is 11.8 Å². The van der Waals surface area contributed by atoms with Crippen LogP contribution in [0.25, 0.3) is 0 Å². The second kappa shape index (κ2) is 6.56. The quantitative estimate of drug-likeness (QED) is 0.639. The molecule has 4 heteroatoms. The van der Waals surface area contributed by atoms with Crippen molar-refractivity contribution in [2.75, 3.05) is 0 Å². The maximum Gasteiger partial charge on any atom is 0.237 e. The number of carbonyl (C=O) groups excluding carboxylic acids is 2. The molecule has 3 atom stereocenters. The SMILES string of the molecule is CCC(C)C(C=O)NC(=O)C(N)C(C)C. The third-order valence-electron chi connectivity index (χ3n) is 2.73. The first kappa shape index (κ1) is 14.1. The standard InChI is InChI=1S/C11H22N2O2/c1-5-8(4)9(6-14)13-11(15)10(12)7(2)3/h6-10H,5,12H2,1-4H3,(H,13,15). The highest BCUT2D eigenvalue weighted by atomic mass is 16.2. The van der Waals surface area contributed by atoms with E-state index in [0.29, 0.717) is 0 Å². The Labute approximate surface area is 91.6 Å². The first-order valence-electron chi connectivity index (χ1n) is 5.45. The predicted octanol–water partition coefficient (Wildman–Crippen LogP) is 0.700. The van der Waals surface area contributed by atoms with Gasteiger partial charge < -0.3 is 15.8 Å². The monoisotopic (exact) mass is 214 g/mol. The van der Waals surface area contributed by atoms with Crippen molar-refractivity contribution in [2.45, 2.75) is 46.2 Å². The topological polar surface area (TPSA) is 72.2 Å². The fourth-order valence-electron chi connectivity index (χ4n) is 1.13. The van der Waals surface area contributed by atoms with E-state index < -0.39 is 12.1 Å². The van der Waals surface area contributed by atoms with Crippen molar-refractivity contribution in [1.82, 2.24) is 5.32 Å². The van der Waals surface area contributed by atoms with Gasteiger partial charge in [-0.15, -0.1) is 0 Å². The minimum Gasteiger partial charge on any atom is -0.345 e. The van der Waals surface area contributed by atoms with Gasteiger partial charge in [-0.05, 0) is 11.8 Å². The van der Waals surface area contributed by atoms with Crippen LogP contribution in [0.3, 0.4) is 0 Å². The molecule has 15 heavy (non-hydrogen) atoms. The van der Waals surface area contributed by atoms with Crippen molar-refractivity contribution >= 4 is 12.2 Å². The van der Waals surface area contributed by atoms with Crippen LogP contribution in [-0.2, 0) is 9.59 Å². The zero-order chi connectivity index (χ0) is 12.0. The molecule has 0 saturated heterocycles. The van der Waals surface area contributed by atoms with Crippen LogP contribution in [0.15, 0.2) is 0 Å². The number of hydrogen-bond donors (Lipinski definition) is 2. The van der Waals surface area contributed by atoms with E-state index in [0.717, 1.165) is 12.7 Å². The average molecular weight is 214 g/mol. The minimum absolute atomic E-state index is 0.0780. The van der Waals surface area contributed by atoms with E-state index in [9.17, 15) is 9.59 Å². The zero-order valence-electron chi connectivity index (χ0n) is 9.99. The Kier molecular flexibility index (Phi) is 6.17. The molecule has 4 nitrogen and oxygen atoms in total. The van der Waals surface area contributed by atoms with Crippen LogP contribution < -0.4 is 11.1 Å². The second-order valence-corrected chi connectivity index (χ2v) is 4.33. The van der Waals surface area contributed by atoms with Gasteiger partial charge in [-0.3, -0.25) is 4.79 Å². The van der Waals surface area contributed by atoms with E-state index >= 15 is 0 Å². The highest BCUT2D eigenvalue weighted by molar-refractivity contribution is 5.84. The molecular weight excluding hydrogens is 192 g/mol. The molecule has 3 N–H and O–H groups in total. The molecule has 3 unspecified atom stereocenters. The first-order chi connectivity index (χ1) is 6.93. The number of nitrogens with two attached hydrogens (primary N) is 1. The smallest absolute Gasteiger partial charge is 0.237 e. The molecule has 0 heterocycles. The fourth-order valence-corrected chi connectivity index (χ4v) is 1.13. The predicted molar refractivity (Wildman–Crippen MR) is 60.3 cm³/mol. The molecule has 1 amide bonds. The second-order valence-electron chi connectivity index (χ2n) is 4.33. The molecule has 88 valence electrons. The lowest BCUT2D eigenvalue weighted by atomic mass is 9.98. The summed E-state index contributed by atoms with van der Waals surface area (Å²) in [5.41, 5.74) is 5.68. The molecule has 0 rings (SSSR count). The average Bonchev–Trinajstić information content (AvgIpc) is 2.22. The summed E-state index contributed by atoms with van der Waals surface area (Å²) < 4.78 is 0. The van der Waals surface area contributed by atoms with Crippen LogP contribution in [0.5, 0.6) is 0 Å². The van der Waals surface area contributed by atoms with Gasteiger partial charge in [-0.2, -0.15) is 0 Å². The number of hydrogen-bond acceptors (Lipinski definition) is 3. The Morgan fingerprint density at radius 1 is 1.40 bits per heavy atom. The minimum atomic E-state index is -0.545. The Hall–Kier alpha value is -0.900. The summed E-state index contributed by atoms with van der Waals surface area (Å²) in [6, 6.07) is -0.969. The highest BCUT2D eigenvalue weighted by Gasteiger charge is 2.22. The largest absolute Gasteiger partial charge is 0.345 e. The van der Waals surface area contributed by atoms with Crippen LogP contribution in [0.1, 0.15) is 34.1 Å². The van der Waals surface area contributed by atoms with Crippen molar-refractivity contribution in [3.8, 4) is 0 Å².